The number of rotatable bonds is 5. The molecule has 0 amide bonds. The number of aromatic nitrogens is 2. The first-order valence-corrected chi connectivity index (χ1v) is 9.42. The molecular formula is C18H23N3O2S. The van der Waals surface area contributed by atoms with E-state index in [1.165, 1.54) is 5.01 Å². The Kier molecular flexibility index (Phi) is 4.52. The lowest BCUT2D eigenvalue weighted by Gasteiger charge is -2.43. The minimum atomic E-state index is -0.0266. The predicted molar refractivity (Wildman–Crippen MR) is 93.2 cm³/mol. The summed E-state index contributed by atoms with van der Waals surface area (Å²) < 4.78 is 12.2. The summed E-state index contributed by atoms with van der Waals surface area (Å²) in [6.07, 6.45) is 8.00. The van der Waals surface area contributed by atoms with Crippen molar-refractivity contribution in [2.24, 2.45) is 0 Å². The molecular weight excluding hydrogens is 322 g/mol. The van der Waals surface area contributed by atoms with Gasteiger partial charge in [-0.25, -0.2) is 9.97 Å². The fourth-order valence-corrected chi connectivity index (χ4v) is 4.79. The summed E-state index contributed by atoms with van der Waals surface area (Å²) in [6.45, 7) is 1.97. The van der Waals surface area contributed by atoms with Crippen LogP contribution in [0.2, 0.25) is 0 Å². The molecule has 1 aliphatic heterocycles. The van der Waals surface area contributed by atoms with Gasteiger partial charge in [-0.2, -0.15) is 0 Å². The molecule has 0 bridgehead atoms. The van der Waals surface area contributed by atoms with Crippen molar-refractivity contribution in [3.63, 3.8) is 0 Å². The number of fused-ring (bicyclic) bond motifs is 1. The first-order chi connectivity index (χ1) is 11.8. The van der Waals surface area contributed by atoms with Crippen LogP contribution in [0.5, 0.6) is 5.88 Å². The van der Waals surface area contributed by atoms with E-state index in [0.29, 0.717) is 6.04 Å². The van der Waals surface area contributed by atoms with E-state index >= 15 is 0 Å². The summed E-state index contributed by atoms with van der Waals surface area (Å²) in [5, 5.41) is 3.22. The van der Waals surface area contributed by atoms with Crippen LogP contribution in [0.3, 0.4) is 0 Å². The Morgan fingerprint density at radius 3 is 3.00 bits per heavy atom. The molecule has 3 heterocycles. The van der Waals surface area contributed by atoms with Crippen molar-refractivity contribution in [1.82, 2.24) is 14.9 Å². The fraction of sp³-hybridized carbons (Fsp3) is 0.556. The number of hydrogen-bond donors (Lipinski definition) is 0. The van der Waals surface area contributed by atoms with Gasteiger partial charge in [-0.05, 0) is 25.3 Å². The van der Waals surface area contributed by atoms with E-state index in [-0.39, 0.29) is 11.7 Å². The number of likely N-dealkylation sites (tertiary alicyclic amines) is 1. The van der Waals surface area contributed by atoms with Crippen LogP contribution < -0.4 is 4.74 Å². The molecule has 2 aromatic rings. The third-order valence-corrected chi connectivity index (χ3v) is 6.16. The molecule has 2 fully saturated rings. The topological polar surface area (TPSA) is 47.5 Å². The van der Waals surface area contributed by atoms with Gasteiger partial charge in [0.05, 0.1) is 12.1 Å². The normalized spacial score (nSPS) is 30.2. The highest BCUT2D eigenvalue weighted by Crippen LogP contribution is 2.43. The average Bonchev–Trinajstić information content (AvgIpc) is 3.25. The molecule has 0 spiro atoms. The van der Waals surface area contributed by atoms with Crippen LogP contribution in [0.15, 0.2) is 36.0 Å². The molecule has 5 nitrogen and oxygen atoms in total. The lowest BCUT2D eigenvalue weighted by molar-refractivity contribution is -0.0843. The summed E-state index contributed by atoms with van der Waals surface area (Å²) in [4.78, 5) is 11.3. The molecule has 6 heteroatoms. The van der Waals surface area contributed by atoms with Crippen molar-refractivity contribution >= 4 is 11.3 Å². The highest BCUT2D eigenvalue weighted by atomic mass is 32.1. The Bertz CT molecular complexity index is 652. The quantitative estimate of drug-likeness (QED) is 0.833. The van der Waals surface area contributed by atoms with Crippen LogP contribution in [0.25, 0.3) is 0 Å². The first kappa shape index (κ1) is 16.0. The first-order valence-electron chi connectivity index (χ1n) is 8.54. The molecule has 24 heavy (non-hydrogen) atoms. The zero-order valence-electron chi connectivity index (χ0n) is 13.9. The standard InChI is InChI=1S/C18H23N3O2S/c1-22-18-6-5-14(23-16-4-2-3-8-19-16)12-15(18)21(10-7-18)13-17-20-9-11-24-17/h2-4,8-9,11,14-15H,5-7,10,12-13H2,1H3/t14-,15-,18+/m0/s1. The number of pyridine rings is 1. The molecule has 3 atom stereocenters. The Balaban J connectivity index is 1.48. The van der Waals surface area contributed by atoms with E-state index in [1.54, 1.807) is 17.5 Å². The van der Waals surface area contributed by atoms with E-state index in [2.05, 4.69) is 14.9 Å². The van der Waals surface area contributed by atoms with Gasteiger partial charge < -0.3 is 9.47 Å². The average molecular weight is 345 g/mol. The van der Waals surface area contributed by atoms with E-state index < -0.39 is 0 Å². The Morgan fingerprint density at radius 1 is 1.29 bits per heavy atom. The van der Waals surface area contributed by atoms with Crippen LogP contribution in [-0.4, -0.2) is 46.3 Å². The molecule has 2 aromatic heterocycles. The fourth-order valence-electron chi connectivity index (χ4n) is 4.14. The largest absolute Gasteiger partial charge is 0.474 e. The van der Waals surface area contributed by atoms with Crippen molar-refractivity contribution in [3.8, 4) is 5.88 Å². The van der Waals surface area contributed by atoms with E-state index in [4.69, 9.17) is 9.47 Å². The smallest absolute Gasteiger partial charge is 0.213 e. The molecule has 0 radical (unpaired) electrons. The molecule has 0 unspecified atom stereocenters. The van der Waals surface area contributed by atoms with Gasteiger partial charge in [0.15, 0.2) is 0 Å². The Labute approximate surface area is 146 Å². The molecule has 1 aliphatic carbocycles. The number of hydrogen-bond acceptors (Lipinski definition) is 6. The van der Waals surface area contributed by atoms with Crippen molar-refractivity contribution in [1.29, 1.82) is 0 Å². The summed E-state index contributed by atoms with van der Waals surface area (Å²) >= 11 is 1.72. The van der Waals surface area contributed by atoms with Crippen LogP contribution in [0.4, 0.5) is 0 Å². The van der Waals surface area contributed by atoms with Crippen LogP contribution in [-0.2, 0) is 11.3 Å². The molecule has 4 rings (SSSR count). The maximum atomic E-state index is 6.13. The minimum absolute atomic E-state index is 0.0266. The maximum absolute atomic E-state index is 6.13. The molecule has 2 aliphatic rings. The molecule has 128 valence electrons. The number of thiazole rings is 1. The van der Waals surface area contributed by atoms with Crippen molar-refractivity contribution in [3.05, 3.63) is 41.0 Å². The van der Waals surface area contributed by atoms with E-state index in [9.17, 15) is 0 Å². The van der Waals surface area contributed by atoms with Crippen molar-refractivity contribution < 1.29 is 9.47 Å². The lowest BCUT2D eigenvalue weighted by atomic mass is 9.79. The van der Waals surface area contributed by atoms with Crippen LogP contribution >= 0.6 is 11.3 Å². The highest BCUT2D eigenvalue weighted by Gasteiger charge is 2.51. The molecule has 0 N–H and O–H groups in total. The minimum Gasteiger partial charge on any atom is -0.474 e. The predicted octanol–water partition coefficient (Wildman–Crippen LogP) is 3.13. The van der Waals surface area contributed by atoms with Gasteiger partial charge in [0.1, 0.15) is 11.1 Å². The van der Waals surface area contributed by atoms with Crippen molar-refractivity contribution in [2.45, 2.75) is 50.0 Å². The number of methoxy groups -OCH3 is 1. The second kappa shape index (κ2) is 6.78. The summed E-state index contributed by atoms with van der Waals surface area (Å²) in [7, 11) is 1.86. The second-order valence-corrected chi connectivity index (χ2v) is 7.59. The van der Waals surface area contributed by atoms with E-state index in [0.717, 1.165) is 44.7 Å². The Hall–Kier alpha value is -1.50. The molecule has 1 saturated carbocycles. The second-order valence-electron chi connectivity index (χ2n) is 6.61. The van der Waals surface area contributed by atoms with Gasteiger partial charge in [0, 0.05) is 50.0 Å². The highest BCUT2D eigenvalue weighted by molar-refractivity contribution is 7.09. The van der Waals surface area contributed by atoms with E-state index in [1.807, 2.05) is 36.9 Å². The third kappa shape index (κ3) is 3.06. The number of nitrogens with zero attached hydrogens (tertiary/aromatic N) is 3. The monoisotopic (exact) mass is 345 g/mol. The summed E-state index contributed by atoms with van der Waals surface area (Å²) in [5.41, 5.74) is -0.0266. The van der Waals surface area contributed by atoms with Gasteiger partial charge in [0.2, 0.25) is 5.88 Å². The zero-order valence-corrected chi connectivity index (χ0v) is 14.7. The van der Waals surface area contributed by atoms with Gasteiger partial charge in [-0.1, -0.05) is 6.07 Å². The lowest BCUT2D eigenvalue weighted by Crippen LogP contribution is -2.52. The third-order valence-electron chi connectivity index (χ3n) is 5.40. The van der Waals surface area contributed by atoms with Gasteiger partial charge in [-0.15, -0.1) is 11.3 Å². The van der Waals surface area contributed by atoms with Gasteiger partial charge in [0.25, 0.3) is 0 Å². The van der Waals surface area contributed by atoms with Gasteiger partial charge in [-0.3, -0.25) is 4.90 Å². The van der Waals surface area contributed by atoms with Crippen LogP contribution in [0, 0.1) is 0 Å². The zero-order chi connectivity index (χ0) is 16.4. The SMILES string of the molecule is CO[C@@]12CC[C@H](Oc3ccccn3)C[C@@H]1N(Cc1nccs1)CC2. The molecule has 1 saturated heterocycles. The summed E-state index contributed by atoms with van der Waals surface area (Å²) in [6, 6.07) is 6.19. The maximum Gasteiger partial charge on any atom is 0.213 e. The van der Waals surface area contributed by atoms with Crippen LogP contribution in [0.1, 0.15) is 30.7 Å². The summed E-state index contributed by atoms with van der Waals surface area (Å²) in [5.74, 6) is 0.719. The van der Waals surface area contributed by atoms with Gasteiger partial charge >= 0.3 is 0 Å². The Morgan fingerprint density at radius 2 is 2.25 bits per heavy atom. The van der Waals surface area contributed by atoms with Crippen molar-refractivity contribution in [2.75, 3.05) is 13.7 Å². The molecule has 0 aromatic carbocycles. The number of ether oxygens (including phenoxy) is 2.